The monoisotopic (exact) mass is 445 g/mol. The van der Waals surface area contributed by atoms with E-state index in [1.54, 1.807) is 12.1 Å². The maximum Gasteiger partial charge on any atom is 0.296 e. The molecule has 0 spiro atoms. The number of nitriles is 1. The third-order valence-corrected chi connectivity index (χ3v) is 5.61. The number of nitrogens with one attached hydrogen (secondary N) is 2. The van der Waals surface area contributed by atoms with Crippen molar-refractivity contribution in [2.45, 2.75) is 31.0 Å². The molecule has 0 radical (unpaired) electrons. The SMILES string of the molecule is N#Cc1cccc(F)c1CNc1nc2nc(O[C@@H]3CO[C@H]4C3OC[C@H]4O)[nH]c2cc1Cl. The quantitative estimate of drug-likeness (QED) is 0.545. The number of imidazole rings is 1. The van der Waals surface area contributed by atoms with E-state index in [4.69, 9.17) is 25.8 Å². The fourth-order valence-corrected chi connectivity index (χ4v) is 4.00. The van der Waals surface area contributed by atoms with E-state index in [2.05, 4.69) is 20.3 Å². The van der Waals surface area contributed by atoms with E-state index < -0.39 is 24.1 Å². The Morgan fingerprint density at radius 2 is 2.16 bits per heavy atom. The molecule has 2 saturated heterocycles. The highest BCUT2D eigenvalue weighted by molar-refractivity contribution is 6.33. The number of H-pyrrole nitrogens is 1. The van der Waals surface area contributed by atoms with Crippen molar-refractivity contribution < 1.29 is 23.7 Å². The van der Waals surface area contributed by atoms with Gasteiger partial charge in [0.05, 0.1) is 35.4 Å². The summed E-state index contributed by atoms with van der Waals surface area (Å²) in [4.78, 5) is 11.7. The fourth-order valence-electron chi connectivity index (χ4n) is 3.78. The predicted octanol–water partition coefficient (Wildman–Crippen LogP) is 2.14. The number of aliphatic hydroxyl groups excluding tert-OH is 1. The lowest BCUT2D eigenvalue weighted by atomic mass is 10.1. The van der Waals surface area contributed by atoms with Crippen molar-refractivity contribution in [2.24, 2.45) is 0 Å². The highest BCUT2D eigenvalue weighted by Gasteiger charge is 2.48. The molecule has 0 bridgehead atoms. The number of aromatic amines is 1. The first-order valence-corrected chi connectivity index (χ1v) is 9.97. The van der Waals surface area contributed by atoms with E-state index in [0.717, 1.165) is 0 Å². The average Bonchev–Trinajstić information content (AvgIpc) is 3.44. The van der Waals surface area contributed by atoms with Crippen molar-refractivity contribution >= 4 is 28.6 Å². The number of pyridine rings is 1. The van der Waals surface area contributed by atoms with Crippen LogP contribution < -0.4 is 10.1 Å². The number of benzene rings is 1. The molecule has 31 heavy (non-hydrogen) atoms. The van der Waals surface area contributed by atoms with Gasteiger partial charge >= 0.3 is 0 Å². The number of rotatable bonds is 5. The molecule has 4 atom stereocenters. The van der Waals surface area contributed by atoms with Gasteiger partial charge in [-0.25, -0.2) is 9.37 Å². The first-order valence-electron chi connectivity index (χ1n) is 9.59. The van der Waals surface area contributed by atoms with Gasteiger partial charge in [0.15, 0.2) is 11.8 Å². The maximum atomic E-state index is 14.1. The summed E-state index contributed by atoms with van der Waals surface area (Å²) in [6.45, 7) is 0.509. The molecule has 1 unspecified atom stereocenters. The molecule has 4 heterocycles. The van der Waals surface area contributed by atoms with Crippen LogP contribution in [0, 0.1) is 17.1 Å². The van der Waals surface area contributed by atoms with Crippen LogP contribution >= 0.6 is 11.6 Å². The molecule has 2 aromatic heterocycles. The molecule has 5 rings (SSSR count). The number of hydrogen-bond acceptors (Lipinski definition) is 8. The van der Waals surface area contributed by atoms with E-state index in [0.29, 0.717) is 22.0 Å². The number of aliphatic hydroxyl groups is 1. The molecule has 1 aromatic carbocycles. The molecule has 3 N–H and O–H groups in total. The van der Waals surface area contributed by atoms with Gasteiger partial charge in [0.2, 0.25) is 0 Å². The summed E-state index contributed by atoms with van der Waals surface area (Å²) in [6.07, 6.45) is -1.86. The minimum atomic E-state index is -0.667. The van der Waals surface area contributed by atoms with E-state index in [1.165, 1.54) is 12.1 Å². The van der Waals surface area contributed by atoms with Crippen LogP contribution in [0.2, 0.25) is 5.02 Å². The summed E-state index contributed by atoms with van der Waals surface area (Å²) in [7, 11) is 0. The number of hydrogen-bond donors (Lipinski definition) is 3. The molecular weight excluding hydrogens is 429 g/mol. The van der Waals surface area contributed by atoms with Gasteiger partial charge in [-0.2, -0.15) is 10.2 Å². The third kappa shape index (κ3) is 3.66. The van der Waals surface area contributed by atoms with E-state index >= 15 is 0 Å². The molecule has 2 aliphatic rings. The molecule has 0 saturated carbocycles. The first kappa shape index (κ1) is 20.0. The van der Waals surface area contributed by atoms with Gasteiger partial charge in [0.1, 0.15) is 29.9 Å². The Morgan fingerprint density at radius 1 is 1.32 bits per heavy atom. The molecule has 160 valence electrons. The van der Waals surface area contributed by atoms with E-state index in [1.807, 2.05) is 6.07 Å². The van der Waals surface area contributed by atoms with Crippen molar-refractivity contribution in [3.63, 3.8) is 0 Å². The molecule has 2 aliphatic heterocycles. The molecule has 0 amide bonds. The van der Waals surface area contributed by atoms with Crippen molar-refractivity contribution in [1.29, 1.82) is 5.26 Å². The lowest BCUT2D eigenvalue weighted by Gasteiger charge is -2.15. The smallest absolute Gasteiger partial charge is 0.296 e. The minimum absolute atomic E-state index is 0.0315. The van der Waals surface area contributed by atoms with Gasteiger partial charge in [0, 0.05) is 12.1 Å². The topological polar surface area (TPSA) is 125 Å². The maximum absolute atomic E-state index is 14.1. The van der Waals surface area contributed by atoms with Crippen molar-refractivity contribution in [3.05, 3.63) is 46.2 Å². The number of nitrogens with zero attached hydrogens (tertiary/aromatic N) is 3. The van der Waals surface area contributed by atoms with Gasteiger partial charge in [-0.3, -0.25) is 0 Å². The lowest BCUT2D eigenvalue weighted by molar-refractivity contribution is 0.00706. The van der Waals surface area contributed by atoms with Gasteiger partial charge in [-0.1, -0.05) is 17.7 Å². The molecular formula is C20H17ClFN5O4. The Balaban J connectivity index is 1.34. The Bertz CT molecular complexity index is 1180. The van der Waals surface area contributed by atoms with Crippen molar-refractivity contribution in [3.8, 4) is 12.1 Å². The normalized spacial score (nSPS) is 24.8. The summed E-state index contributed by atoms with van der Waals surface area (Å²) in [5.41, 5.74) is 1.36. The fraction of sp³-hybridized carbons (Fsp3) is 0.350. The van der Waals surface area contributed by atoms with E-state index in [9.17, 15) is 14.8 Å². The zero-order valence-electron chi connectivity index (χ0n) is 16.0. The molecule has 9 nitrogen and oxygen atoms in total. The third-order valence-electron chi connectivity index (χ3n) is 5.32. The van der Waals surface area contributed by atoms with Crippen LogP contribution in [0.3, 0.4) is 0 Å². The number of fused-ring (bicyclic) bond motifs is 2. The molecule has 0 aliphatic carbocycles. The van der Waals surface area contributed by atoms with Gasteiger partial charge in [0.25, 0.3) is 6.01 Å². The zero-order chi connectivity index (χ0) is 21.5. The number of aromatic nitrogens is 3. The van der Waals surface area contributed by atoms with Gasteiger partial charge in [-0.05, 0) is 18.2 Å². The van der Waals surface area contributed by atoms with Crippen LogP contribution in [-0.2, 0) is 16.0 Å². The summed E-state index contributed by atoms with van der Waals surface area (Å²) in [5, 5.41) is 22.3. The highest BCUT2D eigenvalue weighted by Crippen LogP contribution is 2.31. The summed E-state index contributed by atoms with van der Waals surface area (Å²) in [5.74, 6) is -0.193. The van der Waals surface area contributed by atoms with Crippen LogP contribution in [0.15, 0.2) is 24.3 Å². The second-order valence-electron chi connectivity index (χ2n) is 7.28. The molecule has 11 heteroatoms. The van der Waals surface area contributed by atoms with Crippen LogP contribution in [0.4, 0.5) is 10.2 Å². The average molecular weight is 446 g/mol. The molecule has 3 aromatic rings. The number of ether oxygens (including phenoxy) is 3. The Hall–Kier alpha value is -2.97. The minimum Gasteiger partial charge on any atom is -0.456 e. The Labute approximate surface area is 180 Å². The van der Waals surface area contributed by atoms with Gasteiger partial charge < -0.3 is 29.6 Å². The molecule has 2 fully saturated rings. The van der Waals surface area contributed by atoms with Crippen molar-refractivity contribution in [1.82, 2.24) is 15.0 Å². The Morgan fingerprint density at radius 3 is 3.00 bits per heavy atom. The number of halogens is 2. The van der Waals surface area contributed by atoms with Crippen LogP contribution in [0.5, 0.6) is 6.01 Å². The summed E-state index contributed by atoms with van der Waals surface area (Å²) >= 11 is 6.31. The Kier molecular flexibility index (Phi) is 5.11. The second-order valence-corrected chi connectivity index (χ2v) is 7.69. The first-order chi connectivity index (χ1) is 15.0. The predicted molar refractivity (Wildman–Crippen MR) is 107 cm³/mol. The highest BCUT2D eigenvalue weighted by atomic mass is 35.5. The standard InChI is InChI=1S/C20H17ClFN5O4/c21-11-4-13-19(26-18(11)24-6-10-9(5-23)2-1-3-12(10)22)27-20(25-13)31-15-8-30-16-14(28)7-29-17(15)16/h1-4,14-17,28H,6-8H2,(H2,24,25,26,27)/t14-,15-,16-,17?/m1/s1. The summed E-state index contributed by atoms with van der Waals surface area (Å²) < 4.78 is 31.0. The van der Waals surface area contributed by atoms with Gasteiger partial charge in [-0.15, -0.1) is 0 Å². The number of anilines is 1. The summed E-state index contributed by atoms with van der Waals surface area (Å²) in [6, 6.07) is 8.13. The zero-order valence-corrected chi connectivity index (χ0v) is 16.8. The largest absolute Gasteiger partial charge is 0.456 e. The van der Waals surface area contributed by atoms with E-state index in [-0.39, 0.29) is 43.0 Å². The van der Waals surface area contributed by atoms with Crippen LogP contribution in [0.25, 0.3) is 11.2 Å². The van der Waals surface area contributed by atoms with Crippen molar-refractivity contribution in [2.75, 3.05) is 18.5 Å². The van der Waals surface area contributed by atoms with Crippen LogP contribution in [-0.4, -0.2) is 57.7 Å². The lowest BCUT2D eigenvalue weighted by Crippen LogP contribution is -2.34. The van der Waals surface area contributed by atoms with Crippen LogP contribution in [0.1, 0.15) is 11.1 Å². The second kappa shape index (κ2) is 7.94.